The summed E-state index contributed by atoms with van der Waals surface area (Å²) in [6, 6.07) is -1.59. The van der Waals surface area contributed by atoms with Gasteiger partial charge < -0.3 is 4.90 Å². The monoisotopic (exact) mass is 247 g/mol. The average molecular weight is 249 g/mol. The fourth-order valence-corrected chi connectivity index (χ4v) is 2.80. The zero-order chi connectivity index (χ0) is 9.61. The highest BCUT2D eigenvalue weighted by molar-refractivity contribution is 7.64. The third-order valence-corrected chi connectivity index (χ3v) is 4.45. The van der Waals surface area contributed by atoms with Crippen LogP contribution in [-0.2, 0) is 0 Å². The molecule has 0 rings (SSSR count). The predicted octanol–water partition coefficient (Wildman–Crippen LogP) is 3.37. The molecule has 0 fully saturated rings. The van der Waals surface area contributed by atoms with Crippen LogP contribution in [0.4, 0.5) is 0 Å². The Morgan fingerprint density at radius 1 is 1.08 bits per heavy atom. The van der Waals surface area contributed by atoms with E-state index in [0.717, 1.165) is 32.1 Å². The van der Waals surface area contributed by atoms with Gasteiger partial charge in [0.25, 0.3) is 0 Å². The summed E-state index contributed by atoms with van der Waals surface area (Å²) in [6.45, 7) is 7.51. The lowest BCUT2D eigenvalue weighted by atomic mass is 10.4. The molecule has 1 nitrogen and oxygen atoms in total. The van der Waals surface area contributed by atoms with Crippen LogP contribution in [0.15, 0.2) is 0 Å². The van der Waals surface area contributed by atoms with Crippen molar-refractivity contribution in [2.75, 3.05) is 19.6 Å². The Kier molecular flexibility index (Phi) is 7.06. The van der Waals surface area contributed by atoms with Gasteiger partial charge in [0, 0.05) is 0 Å². The number of rotatable bonds is 6. The highest BCUT2D eigenvalue weighted by atomic mass is 35.8. The molecule has 0 aromatic carbocycles. The van der Waals surface area contributed by atoms with Gasteiger partial charge in [0.05, 0.1) is 0 Å². The molecule has 0 spiro atoms. The summed E-state index contributed by atoms with van der Waals surface area (Å²) in [5, 5.41) is 0. The fraction of sp³-hybridized carbons (Fsp3) is 1.00. The first-order valence-electron chi connectivity index (χ1n) is 4.28. The third kappa shape index (κ3) is 7.68. The van der Waals surface area contributed by atoms with Crippen LogP contribution in [0.5, 0.6) is 0 Å². The lowest BCUT2D eigenvalue weighted by Gasteiger charge is -2.18. The molecule has 0 aliphatic rings. The van der Waals surface area contributed by atoms with Crippen LogP contribution in [-0.4, -0.2) is 30.5 Å². The van der Waals surface area contributed by atoms with Crippen molar-refractivity contribution in [3.63, 3.8) is 0 Å². The quantitative estimate of drug-likeness (QED) is 0.515. The fourth-order valence-electron chi connectivity index (χ4n) is 1.04. The summed E-state index contributed by atoms with van der Waals surface area (Å²) in [5.41, 5.74) is 0. The van der Waals surface area contributed by atoms with Crippen molar-refractivity contribution in [2.45, 2.75) is 26.3 Å². The first-order chi connectivity index (χ1) is 5.49. The van der Waals surface area contributed by atoms with E-state index < -0.39 is 6.00 Å². The summed E-state index contributed by atoms with van der Waals surface area (Å²) in [7, 11) is 0. The minimum Gasteiger partial charge on any atom is -0.304 e. The predicted molar refractivity (Wildman–Crippen MR) is 60.5 cm³/mol. The van der Waals surface area contributed by atoms with Crippen LogP contribution in [0.2, 0.25) is 6.04 Å². The topological polar surface area (TPSA) is 3.24 Å². The molecular weight excluding hydrogens is 233 g/mol. The molecule has 0 bridgehead atoms. The molecule has 0 aromatic rings. The molecule has 0 saturated carbocycles. The van der Waals surface area contributed by atoms with Gasteiger partial charge in [0.15, 0.2) is 0 Å². The van der Waals surface area contributed by atoms with E-state index in [1.54, 1.807) is 0 Å². The highest BCUT2D eigenvalue weighted by Gasteiger charge is 2.23. The van der Waals surface area contributed by atoms with Crippen molar-refractivity contribution in [1.82, 2.24) is 4.90 Å². The molecular formula is C7H16Cl3NSi. The second-order valence-electron chi connectivity index (χ2n) is 2.75. The van der Waals surface area contributed by atoms with E-state index in [2.05, 4.69) is 18.7 Å². The second-order valence-corrected chi connectivity index (χ2v) is 12.0. The minimum absolute atomic E-state index is 0.772. The van der Waals surface area contributed by atoms with Gasteiger partial charge in [-0.15, -0.1) is 33.2 Å². The molecule has 12 heavy (non-hydrogen) atoms. The molecule has 74 valence electrons. The lowest BCUT2D eigenvalue weighted by Crippen LogP contribution is -2.25. The lowest BCUT2D eigenvalue weighted by molar-refractivity contribution is 0.304. The number of nitrogens with zero attached hydrogens (tertiary/aromatic N) is 1. The van der Waals surface area contributed by atoms with Crippen molar-refractivity contribution in [1.29, 1.82) is 0 Å². The van der Waals surface area contributed by atoms with E-state index in [-0.39, 0.29) is 0 Å². The Bertz CT molecular complexity index is 112. The van der Waals surface area contributed by atoms with E-state index in [4.69, 9.17) is 33.2 Å². The van der Waals surface area contributed by atoms with E-state index >= 15 is 0 Å². The molecule has 0 amide bonds. The van der Waals surface area contributed by atoms with Gasteiger partial charge in [-0.25, -0.2) is 0 Å². The summed E-state index contributed by atoms with van der Waals surface area (Å²) in [5.74, 6) is 0. The van der Waals surface area contributed by atoms with Crippen molar-refractivity contribution >= 4 is 39.2 Å². The van der Waals surface area contributed by atoms with Gasteiger partial charge >= 0.3 is 6.00 Å². The molecule has 0 atom stereocenters. The minimum atomic E-state index is -2.36. The van der Waals surface area contributed by atoms with Gasteiger partial charge in [-0.1, -0.05) is 13.8 Å². The maximum Gasteiger partial charge on any atom is 0.341 e. The van der Waals surface area contributed by atoms with E-state index in [0.29, 0.717) is 0 Å². The van der Waals surface area contributed by atoms with Gasteiger partial charge in [-0.3, -0.25) is 0 Å². The molecule has 0 heterocycles. The van der Waals surface area contributed by atoms with Crippen LogP contribution in [0.3, 0.4) is 0 Å². The Hall–Kier alpha value is 1.05. The first-order valence-corrected chi connectivity index (χ1v) is 9.53. The average Bonchev–Trinajstić information content (AvgIpc) is 1.96. The summed E-state index contributed by atoms with van der Waals surface area (Å²) >= 11 is 17.3. The van der Waals surface area contributed by atoms with Crippen LogP contribution in [0, 0.1) is 0 Å². The normalized spacial score (nSPS) is 12.5. The number of hydrogen-bond donors (Lipinski definition) is 0. The third-order valence-electron chi connectivity index (χ3n) is 1.83. The molecule has 0 aliphatic carbocycles. The van der Waals surface area contributed by atoms with E-state index in [1.165, 1.54) is 0 Å². The van der Waals surface area contributed by atoms with Crippen LogP contribution in [0.25, 0.3) is 0 Å². The Morgan fingerprint density at radius 2 is 1.58 bits per heavy atom. The smallest absolute Gasteiger partial charge is 0.304 e. The summed E-state index contributed by atoms with van der Waals surface area (Å²) < 4.78 is 0. The molecule has 5 heteroatoms. The van der Waals surface area contributed by atoms with Crippen LogP contribution < -0.4 is 0 Å². The largest absolute Gasteiger partial charge is 0.341 e. The Labute approximate surface area is 90.1 Å². The number of halogens is 3. The summed E-state index contributed by atoms with van der Waals surface area (Å²) in [6.07, 6.45) is 1.00. The first kappa shape index (κ1) is 13.0. The maximum absolute atomic E-state index is 5.75. The molecule has 0 aliphatic heterocycles. The Morgan fingerprint density at radius 3 is 1.92 bits per heavy atom. The second kappa shape index (κ2) is 6.49. The standard InChI is InChI=1S/C7H16Cl3NSi/c1-3-11(4-2)6-5-7-12(8,9)10/h3-7H2,1-2H3. The van der Waals surface area contributed by atoms with Gasteiger partial charge in [-0.05, 0) is 32.1 Å². The van der Waals surface area contributed by atoms with Crippen LogP contribution in [0.1, 0.15) is 20.3 Å². The molecule has 0 unspecified atom stereocenters. The maximum atomic E-state index is 5.75. The highest BCUT2D eigenvalue weighted by Crippen LogP contribution is 2.26. The summed E-state index contributed by atoms with van der Waals surface area (Å²) in [4.78, 5) is 2.34. The van der Waals surface area contributed by atoms with Gasteiger partial charge in [0.2, 0.25) is 0 Å². The van der Waals surface area contributed by atoms with E-state index in [9.17, 15) is 0 Å². The zero-order valence-corrected chi connectivity index (χ0v) is 10.9. The molecule has 0 N–H and O–H groups in total. The van der Waals surface area contributed by atoms with Crippen molar-refractivity contribution < 1.29 is 0 Å². The van der Waals surface area contributed by atoms with E-state index in [1.807, 2.05) is 0 Å². The molecule has 0 saturated heterocycles. The number of hydrogen-bond acceptors (Lipinski definition) is 1. The van der Waals surface area contributed by atoms with Gasteiger partial charge in [-0.2, -0.15) is 0 Å². The molecule has 0 radical (unpaired) electrons. The molecule has 0 aromatic heterocycles. The Balaban J connectivity index is 3.41. The SMILES string of the molecule is CCN(CC)CCC[Si](Cl)(Cl)Cl. The van der Waals surface area contributed by atoms with Crippen molar-refractivity contribution in [2.24, 2.45) is 0 Å². The van der Waals surface area contributed by atoms with Crippen LogP contribution >= 0.6 is 33.2 Å². The van der Waals surface area contributed by atoms with Gasteiger partial charge in [0.1, 0.15) is 0 Å². The van der Waals surface area contributed by atoms with Crippen molar-refractivity contribution in [3.8, 4) is 0 Å². The van der Waals surface area contributed by atoms with Crippen molar-refractivity contribution in [3.05, 3.63) is 0 Å². The zero-order valence-electron chi connectivity index (χ0n) is 7.62.